The molecule has 2 aromatic carbocycles. The Bertz CT molecular complexity index is 868. The molecular weight excluding hydrogens is 320 g/mol. The number of benzene rings is 2. The van der Waals surface area contributed by atoms with Crippen molar-refractivity contribution in [3.8, 4) is 0 Å². The second kappa shape index (κ2) is 6.42. The van der Waals surface area contributed by atoms with Crippen LogP contribution in [0.5, 0.6) is 0 Å². The Morgan fingerprint density at radius 3 is 2.00 bits per heavy atom. The van der Waals surface area contributed by atoms with Crippen LogP contribution in [0.2, 0.25) is 0 Å². The fourth-order valence-corrected chi connectivity index (χ4v) is 3.91. The van der Waals surface area contributed by atoms with Crippen LogP contribution < -0.4 is 0 Å². The quantitative estimate of drug-likeness (QED) is 0.661. The Balaban J connectivity index is 1.97. The van der Waals surface area contributed by atoms with Crippen LogP contribution in [0.1, 0.15) is 80.1 Å². The number of aromatic carboxylic acids is 1. The second-order valence-corrected chi connectivity index (χ2v) is 8.78. The summed E-state index contributed by atoms with van der Waals surface area (Å²) >= 11 is 0. The van der Waals surface area contributed by atoms with Gasteiger partial charge in [0.15, 0.2) is 0 Å². The van der Waals surface area contributed by atoms with Gasteiger partial charge in [-0.1, -0.05) is 64.1 Å². The van der Waals surface area contributed by atoms with Crippen molar-refractivity contribution in [2.45, 2.75) is 58.3 Å². The van der Waals surface area contributed by atoms with Gasteiger partial charge in [0.2, 0.25) is 0 Å². The van der Waals surface area contributed by atoms with Crippen molar-refractivity contribution in [3.05, 3.63) is 70.3 Å². The molecule has 0 bridgehead atoms. The molecule has 136 valence electrons. The van der Waals surface area contributed by atoms with Crippen LogP contribution in [0.15, 0.2) is 42.5 Å². The molecule has 0 heterocycles. The molecule has 0 radical (unpaired) electrons. The molecule has 0 saturated heterocycles. The molecule has 0 aliphatic heterocycles. The third-order valence-electron chi connectivity index (χ3n) is 5.85. The van der Waals surface area contributed by atoms with E-state index in [1.54, 1.807) is 12.1 Å². The standard InChI is InChI=1S/C24H28O2/c1-16(18-7-9-19(10-8-18)22(25)26)14-17-6-11-20-21(15-17)24(4,5)13-12-23(20,2)3/h6-11,14-15H,12-13H2,1-5H3,(H,25,26)/b16-14-. The van der Waals surface area contributed by atoms with Gasteiger partial charge in [0.05, 0.1) is 5.56 Å². The van der Waals surface area contributed by atoms with Gasteiger partial charge in [-0.2, -0.15) is 0 Å². The Labute approximate surface area is 156 Å². The van der Waals surface area contributed by atoms with Gasteiger partial charge in [0, 0.05) is 0 Å². The molecule has 0 amide bonds. The number of carbonyl (C=O) groups is 1. The highest BCUT2D eigenvalue weighted by Gasteiger charge is 2.36. The molecule has 0 spiro atoms. The molecule has 1 aliphatic carbocycles. The fraction of sp³-hybridized carbons (Fsp3) is 0.375. The van der Waals surface area contributed by atoms with E-state index < -0.39 is 5.97 Å². The van der Waals surface area contributed by atoms with E-state index in [9.17, 15) is 4.79 Å². The summed E-state index contributed by atoms with van der Waals surface area (Å²) in [5.41, 5.74) is 7.06. The average Bonchev–Trinajstić information content (AvgIpc) is 2.59. The van der Waals surface area contributed by atoms with Crippen LogP contribution in [-0.2, 0) is 10.8 Å². The van der Waals surface area contributed by atoms with E-state index in [1.165, 1.54) is 29.5 Å². The lowest BCUT2D eigenvalue weighted by molar-refractivity contribution is 0.0697. The Morgan fingerprint density at radius 1 is 0.885 bits per heavy atom. The first-order valence-corrected chi connectivity index (χ1v) is 9.27. The lowest BCUT2D eigenvalue weighted by atomic mass is 9.63. The maximum atomic E-state index is 11.0. The molecule has 26 heavy (non-hydrogen) atoms. The third kappa shape index (κ3) is 3.46. The van der Waals surface area contributed by atoms with E-state index in [4.69, 9.17) is 5.11 Å². The van der Waals surface area contributed by atoms with E-state index in [0.717, 1.165) is 11.1 Å². The molecule has 0 atom stereocenters. The van der Waals surface area contributed by atoms with E-state index in [2.05, 4.69) is 58.9 Å². The first kappa shape index (κ1) is 18.4. The van der Waals surface area contributed by atoms with Gasteiger partial charge in [-0.15, -0.1) is 0 Å². The van der Waals surface area contributed by atoms with Crippen molar-refractivity contribution in [3.63, 3.8) is 0 Å². The van der Waals surface area contributed by atoms with E-state index in [-0.39, 0.29) is 10.8 Å². The fourth-order valence-electron chi connectivity index (χ4n) is 3.91. The zero-order chi connectivity index (χ0) is 19.1. The monoisotopic (exact) mass is 348 g/mol. The molecule has 0 saturated carbocycles. The van der Waals surface area contributed by atoms with Gasteiger partial charge in [0.1, 0.15) is 0 Å². The Morgan fingerprint density at radius 2 is 1.42 bits per heavy atom. The van der Waals surface area contributed by atoms with E-state index >= 15 is 0 Å². The Kier molecular flexibility index (Phi) is 4.56. The van der Waals surface area contributed by atoms with Crippen molar-refractivity contribution in [2.24, 2.45) is 0 Å². The number of hydrogen-bond acceptors (Lipinski definition) is 1. The zero-order valence-electron chi connectivity index (χ0n) is 16.4. The number of rotatable bonds is 3. The molecule has 2 heteroatoms. The summed E-state index contributed by atoms with van der Waals surface area (Å²) in [4.78, 5) is 11.0. The molecule has 1 N–H and O–H groups in total. The van der Waals surface area contributed by atoms with Gasteiger partial charge < -0.3 is 5.11 Å². The largest absolute Gasteiger partial charge is 0.478 e. The lowest BCUT2D eigenvalue weighted by Crippen LogP contribution is -2.33. The van der Waals surface area contributed by atoms with Crippen molar-refractivity contribution in [1.29, 1.82) is 0 Å². The number of hydrogen-bond donors (Lipinski definition) is 1. The van der Waals surface area contributed by atoms with Gasteiger partial charge in [-0.3, -0.25) is 0 Å². The summed E-state index contributed by atoms with van der Waals surface area (Å²) in [5, 5.41) is 9.04. The summed E-state index contributed by atoms with van der Waals surface area (Å²) < 4.78 is 0. The maximum Gasteiger partial charge on any atom is 0.335 e. The highest BCUT2D eigenvalue weighted by Crippen LogP contribution is 2.46. The minimum absolute atomic E-state index is 0.200. The molecular formula is C24H28O2. The minimum Gasteiger partial charge on any atom is -0.478 e. The first-order chi connectivity index (χ1) is 12.1. The van der Waals surface area contributed by atoms with Gasteiger partial charge in [-0.05, 0) is 70.6 Å². The van der Waals surface area contributed by atoms with Crippen molar-refractivity contribution in [2.75, 3.05) is 0 Å². The van der Waals surface area contributed by atoms with Crippen LogP contribution in [0.25, 0.3) is 11.6 Å². The summed E-state index contributed by atoms with van der Waals surface area (Å²) in [5.74, 6) is -0.891. The van der Waals surface area contributed by atoms with Crippen LogP contribution in [0, 0.1) is 0 Å². The van der Waals surface area contributed by atoms with Gasteiger partial charge in [0.25, 0.3) is 0 Å². The summed E-state index contributed by atoms with van der Waals surface area (Å²) in [6.07, 6.45) is 4.61. The zero-order valence-corrected chi connectivity index (χ0v) is 16.4. The normalized spacial score (nSPS) is 18.3. The average molecular weight is 348 g/mol. The summed E-state index contributed by atoms with van der Waals surface area (Å²) in [6, 6.07) is 13.9. The molecule has 1 aliphatic rings. The van der Waals surface area contributed by atoms with E-state index in [1.807, 2.05) is 12.1 Å². The molecule has 2 aromatic rings. The van der Waals surface area contributed by atoms with Crippen LogP contribution in [0.4, 0.5) is 0 Å². The van der Waals surface area contributed by atoms with Crippen molar-refractivity contribution >= 4 is 17.6 Å². The van der Waals surface area contributed by atoms with Crippen LogP contribution in [0.3, 0.4) is 0 Å². The van der Waals surface area contributed by atoms with Crippen molar-refractivity contribution < 1.29 is 9.90 Å². The molecule has 0 unspecified atom stereocenters. The highest BCUT2D eigenvalue weighted by molar-refractivity contribution is 5.88. The van der Waals surface area contributed by atoms with Crippen LogP contribution in [-0.4, -0.2) is 11.1 Å². The van der Waals surface area contributed by atoms with Gasteiger partial charge >= 0.3 is 5.97 Å². The summed E-state index contributed by atoms with van der Waals surface area (Å²) in [7, 11) is 0. The highest BCUT2D eigenvalue weighted by atomic mass is 16.4. The number of allylic oxidation sites excluding steroid dienone is 1. The number of carboxylic acids is 1. The molecule has 3 rings (SSSR count). The smallest absolute Gasteiger partial charge is 0.335 e. The SMILES string of the molecule is C/C(=C/c1ccc2c(c1)C(C)(C)CCC2(C)C)c1ccc(C(=O)O)cc1. The number of carboxylic acid groups (broad SMARTS) is 1. The lowest BCUT2D eigenvalue weighted by Gasteiger charge is -2.42. The molecule has 0 aromatic heterocycles. The maximum absolute atomic E-state index is 11.0. The van der Waals surface area contributed by atoms with Crippen LogP contribution >= 0.6 is 0 Å². The second-order valence-electron chi connectivity index (χ2n) is 8.78. The summed E-state index contributed by atoms with van der Waals surface area (Å²) in [6.45, 7) is 11.4. The predicted molar refractivity (Wildman–Crippen MR) is 109 cm³/mol. The molecule has 0 fully saturated rings. The number of fused-ring (bicyclic) bond motifs is 1. The van der Waals surface area contributed by atoms with Crippen molar-refractivity contribution in [1.82, 2.24) is 0 Å². The van der Waals surface area contributed by atoms with Gasteiger partial charge in [-0.25, -0.2) is 4.79 Å². The Hall–Kier alpha value is -2.35. The topological polar surface area (TPSA) is 37.3 Å². The third-order valence-corrected chi connectivity index (χ3v) is 5.85. The molecule has 2 nitrogen and oxygen atoms in total. The van der Waals surface area contributed by atoms with E-state index in [0.29, 0.717) is 5.56 Å². The first-order valence-electron chi connectivity index (χ1n) is 9.27. The predicted octanol–water partition coefficient (Wildman–Crippen LogP) is 6.29. The minimum atomic E-state index is -0.891.